The lowest BCUT2D eigenvalue weighted by Gasteiger charge is -2.36. The van der Waals surface area contributed by atoms with Gasteiger partial charge in [0, 0.05) is 5.75 Å². The van der Waals surface area contributed by atoms with Gasteiger partial charge in [-0.1, -0.05) is 91.0 Å². The van der Waals surface area contributed by atoms with Gasteiger partial charge in [0.1, 0.15) is 11.6 Å². The number of thioether (sulfide) groups is 1. The Morgan fingerprint density at radius 2 is 1.24 bits per heavy atom. The molecule has 0 fully saturated rings. The van der Waals surface area contributed by atoms with Gasteiger partial charge in [0.2, 0.25) is 0 Å². The largest absolute Gasteiger partial charge is 0.480 e. The summed E-state index contributed by atoms with van der Waals surface area (Å²) in [5.74, 6) is -1.26. The fourth-order valence-corrected chi connectivity index (χ4v) is 5.36. The van der Waals surface area contributed by atoms with E-state index in [1.54, 1.807) is 20.8 Å². The standard InChI is InChI=1S/C28H31NO4S/c1-27(2,3)33-25(30)19-29-24(26(31)32)20-34-28(21-13-7-4-8-14-21,22-15-9-5-10-16-22)23-17-11-6-12-18-23/h4-18,24,29H,19-20H2,1-3H3,(H,31,32)/t24-/m0/s1. The summed E-state index contributed by atoms with van der Waals surface area (Å²) in [6.45, 7) is 5.17. The van der Waals surface area contributed by atoms with Crippen molar-refractivity contribution in [3.05, 3.63) is 108 Å². The summed E-state index contributed by atoms with van der Waals surface area (Å²) in [6, 6.07) is 29.3. The van der Waals surface area contributed by atoms with Crippen LogP contribution in [0.3, 0.4) is 0 Å². The van der Waals surface area contributed by atoms with Crippen molar-refractivity contribution in [3.63, 3.8) is 0 Å². The minimum atomic E-state index is -1.01. The van der Waals surface area contributed by atoms with Crippen LogP contribution >= 0.6 is 11.8 Å². The number of ether oxygens (including phenoxy) is 1. The van der Waals surface area contributed by atoms with Crippen molar-refractivity contribution in [1.29, 1.82) is 0 Å². The third-order valence-corrected chi connectivity index (χ3v) is 6.86. The molecule has 3 aromatic carbocycles. The minimum absolute atomic E-state index is 0.177. The van der Waals surface area contributed by atoms with Crippen molar-refractivity contribution in [3.8, 4) is 0 Å². The van der Waals surface area contributed by atoms with Crippen LogP contribution in [0.25, 0.3) is 0 Å². The van der Waals surface area contributed by atoms with E-state index in [9.17, 15) is 14.7 Å². The molecule has 178 valence electrons. The average molecular weight is 478 g/mol. The van der Waals surface area contributed by atoms with Crippen molar-refractivity contribution < 1.29 is 19.4 Å². The first-order valence-corrected chi connectivity index (χ1v) is 12.2. The zero-order valence-corrected chi connectivity index (χ0v) is 20.5. The first-order chi connectivity index (χ1) is 16.2. The van der Waals surface area contributed by atoms with E-state index in [2.05, 4.69) is 41.7 Å². The van der Waals surface area contributed by atoms with Crippen LogP contribution in [0.2, 0.25) is 0 Å². The quantitative estimate of drug-likeness (QED) is 0.313. The average Bonchev–Trinajstić information content (AvgIpc) is 2.82. The zero-order valence-electron chi connectivity index (χ0n) is 19.7. The fraction of sp³-hybridized carbons (Fsp3) is 0.286. The van der Waals surface area contributed by atoms with Gasteiger partial charge in [-0.15, -0.1) is 11.8 Å². The lowest BCUT2D eigenvalue weighted by atomic mass is 9.84. The fourth-order valence-electron chi connectivity index (χ4n) is 3.78. The summed E-state index contributed by atoms with van der Waals surface area (Å²) in [4.78, 5) is 24.3. The van der Waals surface area contributed by atoms with E-state index in [0.29, 0.717) is 0 Å². The SMILES string of the molecule is CC(C)(C)OC(=O)CN[C@@H](CSC(c1ccccc1)(c1ccccc1)c1ccccc1)C(=O)O. The van der Waals surface area contributed by atoms with E-state index >= 15 is 0 Å². The molecule has 5 nitrogen and oxygen atoms in total. The van der Waals surface area contributed by atoms with E-state index in [-0.39, 0.29) is 12.3 Å². The third kappa shape index (κ3) is 6.49. The molecule has 3 aromatic rings. The number of aliphatic carboxylic acids is 1. The number of carboxylic acids is 1. The molecule has 0 heterocycles. The number of hydrogen-bond acceptors (Lipinski definition) is 5. The van der Waals surface area contributed by atoms with Crippen LogP contribution in [-0.4, -0.2) is 41.0 Å². The Hall–Kier alpha value is -3.09. The Kier molecular flexibility index (Phi) is 8.53. The number of carbonyl (C=O) groups is 2. The molecule has 2 N–H and O–H groups in total. The molecule has 0 aliphatic heterocycles. The lowest BCUT2D eigenvalue weighted by molar-refractivity contribution is -0.153. The molecule has 1 atom stereocenters. The van der Waals surface area contributed by atoms with Crippen LogP contribution in [0.4, 0.5) is 0 Å². The molecule has 0 aromatic heterocycles. The highest BCUT2D eigenvalue weighted by atomic mass is 32.2. The first-order valence-electron chi connectivity index (χ1n) is 11.2. The van der Waals surface area contributed by atoms with Crippen LogP contribution in [0, 0.1) is 0 Å². The molecule has 0 amide bonds. The van der Waals surface area contributed by atoms with Gasteiger partial charge in [0.05, 0.1) is 11.3 Å². The monoisotopic (exact) mass is 477 g/mol. The van der Waals surface area contributed by atoms with Crippen molar-refractivity contribution in [1.82, 2.24) is 5.32 Å². The maximum absolute atomic E-state index is 12.2. The Morgan fingerprint density at radius 3 is 1.59 bits per heavy atom. The van der Waals surface area contributed by atoms with Crippen LogP contribution in [0.15, 0.2) is 91.0 Å². The molecule has 0 saturated heterocycles. The van der Waals surface area contributed by atoms with E-state index in [1.165, 1.54) is 11.8 Å². The summed E-state index contributed by atoms with van der Waals surface area (Å²) in [6.07, 6.45) is 0. The Balaban J connectivity index is 1.95. The second kappa shape index (κ2) is 11.4. The molecule has 0 radical (unpaired) electrons. The van der Waals surface area contributed by atoms with Gasteiger partial charge in [-0.25, -0.2) is 0 Å². The maximum Gasteiger partial charge on any atom is 0.321 e. The van der Waals surface area contributed by atoms with Gasteiger partial charge < -0.3 is 9.84 Å². The molecule has 6 heteroatoms. The Labute approximate surface area is 205 Å². The number of carboxylic acid groups (broad SMARTS) is 1. The highest BCUT2D eigenvalue weighted by molar-refractivity contribution is 8.00. The molecule has 3 rings (SSSR count). The summed E-state index contributed by atoms with van der Waals surface area (Å²) >= 11 is 1.53. The van der Waals surface area contributed by atoms with Crippen LogP contribution in [0.5, 0.6) is 0 Å². The van der Waals surface area contributed by atoms with Crippen molar-refractivity contribution in [2.75, 3.05) is 12.3 Å². The molecule has 0 aliphatic carbocycles. The maximum atomic E-state index is 12.2. The third-order valence-electron chi connectivity index (χ3n) is 5.22. The van der Waals surface area contributed by atoms with Gasteiger partial charge in [-0.2, -0.15) is 0 Å². The smallest absolute Gasteiger partial charge is 0.321 e. The van der Waals surface area contributed by atoms with Crippen molar-refractivity contribution in [2.45, 2.75) is 37.2 Å². The first kappa shape index (κ1) is 25.5. The number of nitrogens with one attached hydrogen (secondary N) is 1. The summed E-state index contributed by atoms with van der Waals surface area (Å²) in [5.41, 5.74) is 2.52. The predicted molar refractivity (Wildman–Crippen MR) is 137 cm³/mol. The van der Waals surface area contributed by atoms with E-state index in [1.807, 2.05) is 54.6 Å². The van der Waals surface area contributed by atoms with Gasteiger partial charge >= 0.3 is 11.9 Å². The highest BCUT2D eigenvalue weighted by Gasteiger charge is 2.38. The van der Waals surface area contributed by atoms with Crippen LogP contribution in [0.1, 0.15) is 37.5 Å². The number of rotatable bonds is 10. The Bertz CT molecular complexity index is 969. The van der Waals surface area contributed by atoms with Crippen LogP contribution < -0.4 is 5.32 Å². The lowest BCUT2D eigenvalue weighted by Crippen LogP contribution is -2.44. The molecule has 0 aliphatic rings. The topological polar surface area (TPSA) is 75.6 Å². The van der Waals surface area contributed by atoms with Gasteiger partial charge in [-0.3, -0.25) is 14.9 Å². The molecule has 34 heavy (non-hydrogen) atoms. The Morgan fingerprint density at radius 1 is 0.824 bits per heavy atom. The summed E-state index contributed by atoms with van der Waals surface area (Å²) in [7, 11) is 0. The van der Waals surface area contributed by atoms with E-state index in [4.69, 9.17) is 4.74 Å². The predicted octanol–water partition coefficient (Wildman–Crippen LogP) is 5.10. The van der Waals surface area contributed by atoms with Crippen molar-refractivity contribution >= 4 is 23.7 Å². The molecular weight excluding hydrogens is 446 g/mol. The second-order valence-corrected chi connectivity index (χ2v) is 10.2. The second-order valence-electron chi connectivity index (χ2n) is 8.95. The molecule has 0 bridgehead atoms. The molecular formula is C28H31NO4S. The molecule has 0 spiro atoms. The van der Waals surface area contributed by atoms with E-state index < -0.39 is 28.3 Å². The zero-order chi connectivity index (χ0) is 24.6. The normalized spacial score (nSPS) is 12.7. The highest BCUT2D eigenvalue weighted by Crippen LogP contribution is 2.48. The number of carbonyl (C=O) groups excluding carboxylic acids is 1. The van der Waals surface area contributed by atoms with Gasteiger partial charge in [0.25, 0.3) is 0 Å². The number of esters is 1. The van der Waals surface area contributed by atoms with Gasteiger partial charge in [-0.05, 0) is 37.5 Å². The molecule has 0 unspecified atom stereocenters. The number of benzene rings is 3. The summed E-state index contributed by atoms with van der Waals surface area (Å²) < 4.78 is 4.69. The number of hydrogen-bond donors (Lipinski definition) is 2. The van der Waals surface area contributed by atoms with E-state index in [0.717, 1.165) is 16.7 Å². The van der Waals surface area contributed by atoms with Crippen molar-refractivity contribution in [2.24, 2.45) is 0 Å². The van der Waals surface area contributed by atoms with Gasteiger partial charge in [0.15, 0.2) is 0 Å². The molecule has 0 saturated carbocycles. The van der Waals surface area contributed by atoms with Crippen LogP contribution in [-0.2, 0) is 19.1 Å². The minimum Gasteiger partial charge on any atom is -0.480 e. The summed E-state index contributed by atoms with van der Waals surface area (Å²) in [5, 5.41) is 12.8.